The summed E-state index contributed by atoms with van der Waals surface area (Å²) in [6.45, 7) is 7.09. The summed E-state index contributed by atoms with van der Waals surface area (Å²) in [5.74, 6) is 3.98. The van der Waals surface area contributed by atoms with Crippen LogP contribution in [0.1, 0.15) is 29.0 Å². The van der Waals surface area contributed by atoms with Gasteiger partial charge in [-0.05, 0) is 50.1 Å². The third-order valence-electron chi connectivity index (χ3n) is 5.45. The van der Waals surface area contributed by atoms with Gasteiger partial charge in [-0.1, -0.05) is 12.1 Å². The lowest BCUT2D eigenvalue weighted by Gasteiger charge is -2.26. The van der Waals surface area contributed by atoms with Gasteiger partial charge in [0.05, 0.1) is 26.5 Å². The van der Waals surface area contributed by atoms with Crippen molar-refractivity contribution in [2.24, 2.45) is 0 Å². The molecule has 1 aromatic heterocycles. The molecule has 3 aromatic rings. The molecule has 2 heterocycles. The number of aryl methyl sites for hydroxylation is 2. The minimum atomic E-state index is 0.644. The molecule has 0 fully saturated rings. The number of para-hydroxylation sites is 1. The van der Waals surface area contributed by atoms with Gasteiger partial charge in [0.15, 0.2) is 11.5 Å². The van der Waals surface area contributed by atoms with Crippen LogP contribution in [0, 0.1) is 13.8 Å². The third kappa shape index (κ3) is 4.14. The number of ether oxygens (including phenoxy) is 3. The van der Waals surface area contributed by atoms with Gasteiger partial charge in [-0.2, -0.15) is 0 Å². The molecule has 0 atom stereocenters. The average molecular weight is 408 g/mol. The van der Waals surface area contributed by atoms with E-state index in [4.69, 9.17) is 23.6 Å². The number of benzene rings is 2. The van der Waals surface area contributed by atoms with E-state index in [0.717, 1.165) is 71.4 Å². The molecule has 6 nitrogen and oxygen atoms in total. The predicted octanol–water partition coefficient (Wildman–Crippen LogP) is 4.76. The molecule has 30 heavy (non-hydrogen) atoms. The number of hydrogen-bond donors (Lipinski definition) is 0. The highest BCUT2D eigenvalue weighted by atomic mass is 16.5. The van der Waals surface area contributed by atoms with Crippen molar-refractivity contribution < 1.29 is 18.6 Å². The Morgan fingerprint density at radius 3 is 2.67 bits per heavy atom. The SMILES string of the molecule is COc1ccc(-c2nc(CN3CCCOc4c(cccc4OC)C3)c(C)o2)cc1C. The van der Waals surface area contributed by atoms with Gasteiger partial charge in [0.2, 0.25) is 5.89 Å². The van der Waals surface area contributed by atoms with E-state index >= 15 is 0 Å². The third-order valence-corrected chi connectivity index (χ3v) is 5.45. The summed E-state index contributed by atoms with van der Waals surface area (Å²) in [4.78, 5) is 7.19. The molecule has 0 bridgehead atoms. The van der Waals surface area contributed by atoms with Gasteiger partial charge in [-0.3, -0.25) is 4.90 Å². The fourth-order valence-corrected chi connectivity index (χ4v) is 3.85. The van der Waals surface area contributed by atoms with E-state index in [2.05, 4.69) is 11.0 Å². The summed E-state index contributed by atoms with van der Waals surface area (Å²) >= 11 is 0. The highest BCUT2D eigenvalue weighted by Crippen LogP contribution is 2.34. The van der Waals surface area contributed by atoms with E-state index in [0.29, 0.717) is 12.5 Å². The molecule has 1 aliphatic rings. The van der Waals surface area contributed by atoms with E-state index < -0.39 is 0 Å². The van der Waals surface area contributed by atoms with Crippen LogP contribution in [-0.4, -0.2) is 37.3 Å². The molecular weight excluding hydrogens is 380 g/mol. The van der Waals surface area contributed by atoms with Crippen LogP contribution in [0.25, 0.3) is 11.5 Å². The Morgan fingerprint density at radius 1 is 1.07 bits per heavy atom. The highest BCUT2D eigenvalue weighted by molar-refractivity contribution is 5.57. The standard InChI is InChI=1S/C24H28N2O4/c1-16-13-18(9-10-21(16)27-3)24-25-20(17(2)30-24)15-26-11-6-12-29-23-19(14-26)7-5-8-22(23)28-4/h5,7-10,13H,6,11-12,14-15H2,1-4H3. The van der Waals surface area contributed by atoms with Crippen LogP contribution in [-0.2, 0) is 13.1 Å². The molecule has 2 aromatic carbocycles. The van der Waals surface area contributed by atoms with Crippen molar-refractivity contribution in [2.45, 2.75) is 33.4 Å². The average Bonchev–Trinajstić information content (AvgIpc) is 3.09. The van der Waals surface area contributed by atoms with Gasteiger partial charge in [-0.25, -0.2) is 4.98 Å². The Bertz CT molecular complexity index is 1030. The molecule has 0 aliphatic carbocycles. The topological polar surface area (TPSA) is 57.0 Å². The zero-order chi connectivity index (χ0) is 21.1. The van der Waals surface area contributed by atoms with E-state index in [1.54, 1.807) is 14.2 Å². The number of hydrogen-bond acceptors (Lipinski definition) is 6. The Labute approximate surface area is 177 Å². The Balaban J connectivity index is 1.56. The zero-order valence-electron chi connectivity index (χ0n) is 18.0. The first-order valence-electron chi connectivity index (χ1n) is 10.2. The molecule has 0 spiro atoms. The summed E-state index contributed by atoms with van der Waals surface area (Å²) in [5, 5.41) is 0. The number of methoxy groups -OCH3 is 2. The van der Waals surface area contributed by atoms with Gasteiger partial charge < -0.3 is 18.6 Å². The lowest BCUT2D eigenvalue weighted by atomic mass is 10.1. The molecule has 158 valence electrons. The molecular formula is C24H28N2O4. The first kappa shape index (κ1) is 20.3. The normalized spacial score (nSPS) is 14.4. The second-order valence-corrected chi connectivity index (χ2v) is 7.57. The van der Waals surface area contributed by atoms with E-state index in [1.807, 2.05) is 44.2 Å². The summed E-state index contributed by atoms with van der Waals surface area (Å²) in [6, 6.07) is 12.0. The highest BCUT2D eigenvalue weighted by Gasteiger charge is 2.20. The minimum Gasteiger partial charge on any atom is -0.496 e. The van der Waals surface area contributed by atoms with Gasteiger partial charge >= 0.3 is 0 Å². The van der Waals surface area contributed by atoms with Crippen LogP contribution in [0.3, 0.4) is 0 Å². The molecule has 0 unspecified atom stereocenters. The monoisotopic (exact) mass is 408 g/mol. The van der Waals surface area contributed by atoms with Gasteiger partial charge in [0, 0.05) is 30.8 Å². The minimum absolute atomic E-state index is 0.644. The molecule has 0 saturated heterocycles. The van der Waals surface area contributed by atoms with Crippen LogP contribution in [0.2, 0.25) is 0 Å². The van der Waals surface area contributed by atoms with Crippen molar-refractivity contribution in [1.82, 2.24) is 9.88 Å². The molecule has 0 amide bonds. The van der Waals surface area contributed by atoms with Crippen molar-refractivity contribution in [1.29, 1.82) is 0 Å². The summed E-state index contributed by atoms with van der Waals surface area (Å²) in [5.41, 5.74) is 4.10. The van der Waals surface area contributed by atoms with Crippen LogP contribution in [0.4, 0.5) is 0 Å². The maximum Gasteiger partial charge on any atom is 0.226 e. The maximum atomic E-state index is 6.01. The van der Waals surface area contributed by atoms with Crippen LogP contribution in [0.5, 0.6) is 17.2 Å². The van der Waals surface area contributed by atoms with Gasteiger partial charge in [0.1, 0.15) is 11.5 Å². The van der Waals surface area contributed by atoms with E-state index in [-0.39, 0.29) is 0 Å². The lowest BCUT2D eigenvalue weighted by molar-refractivity contribution is 0.193. The molecule has 0 saturated carbocycles. The lowest BCUT2D eigenvalue weighted by Crippen LogP contribution is -2.28. The summed E-state index contributed by atoms with van der Waals surface area (Å²) in [6.07, 6.45) is 0.943. The summed E-state index contributed by atoms with van der Waals surface area (Å²) < 4.78 is 22.8. The molecule has 0 N–H and O–H groups in total. The second-order valence-electron chi connectivity index (χ2n) is 7.57. The number of rotatable bonds is 5. The van der Waals surface area contributed by atoms with E-state index in [9.17, 15) is 0 Å². The number of nitrogens with zero attached hydrogens (tertiary/aromatic N) is 2. The van der Waals surface area contributed by atoms with Crippen molar-refractivity contribution in [2.75, 3.05) is 27.4 Å². The number of oxazole rings is 1. The quantitative estimate of drug-likeness (QED) is 0.607. The number of aromatic nitrogens is 1. The van der Waals surface area contributed by atoms with Crippen LogP contribution < -0.4 is 14.2 Å². The summed E-state index contributed by atoms with van der Waals surface area (Å²) in [7, 11) is 3.36. The predicted molar refractivity (Wildman–Crippen MR) is 115 cm³/mol. The Morgan fingerprint density at radius 2 is 1.90 bits per heavy atom. The Kier molecular flexibility index (Phi) is 5.95. The second kappa shape index (κ2) is 8.79. The van der Waals surface area contributed by atoms with Gasteiger partial charge in [-0.15, -0.1) is 0 Å². The zero-order valence-corrected chi connectivity index (χ0v) is 18.0. The van der Waals surface area contributed by atoms with Crippen molar-refractivity contribution in [3.8, 4) is 28.7 Å². The largest absolute Gasteiger partial charge is 0.496 e. The van der Waals surface area contributed by atoms with E-state index in [1.165, 1.54) is 0 Å². The first-order valence-corrected chi connectivity index (χ1v) is 10.2. The fraction of sp³-hybridized carbons (Fsp3) is 0.375. The number of fused-ring (bicyclic) bond motifs is 1. The van der Waals surface area contributed by atoms with Crippen molar-refractivity contribution in [3.63, 3.8) is 0 Å². The van der Waals surface area contributed by atoms with Crippen molar-refractivity contribution >= 4 is 0 Å². The van der Waals surface area contributed by atoms with Gasteiger partial charge in [0.25, 0.3) is 0 Å². The first-order chi connectivity index (χ1) is 14.6. The van der Waals surface area contributed by atoms with Crippen LogP contribution >= 0.6 is 0 Å². The molecule has 4 rings (SSSR count). The molecule has 0 radical (unpaired) electrons. The van der Waals surface area contributed by atoms with Crippen LogP contribution in [0.15, 0.2) is 40.8 Å². The maximum absolute atomic E-state index is 6.01. The molecule has 6 heteroatoms. The Hall–Kier alpha value is -2.99. The fourth-order valence-electron chi connectivity index (χ4n) is 3.85. The van der Waals surface area contributed by atoms with Crippen molar-refractivity contribution in [3.05, 3.63) is 59.0 Å². The molecule has 1 aliphatic heterocycles. The smallest absolute Gasteiger partial charge is 0.226 e.